The third kappa shape index (κ3) is 4.09. The van der Waals surface area contributed by atoms with Crippen LogP contribution in [0.5, 0.6) is 0 Å². The highest BCUT2D eigenvalue weighted by molar-refractivity contribution is 7.15. The lowest BCUT2D eigenvalue weighted by molar-refractivity contribution is 0.179. The summed E-state index contributed by atoms with van der Waals surface area (Å²) in [7, 11) is 0. The summed E-state index contributed by atoms with van der Waals surface area (Å²) < 4.78 is 44.1. The van der Waals surface area contributed by atoms with Crippen LogP contribution in [0.3, 0.4) is 0 Å². The van der Waals surface area contributed by atoms with Gasteiger partial charge in [-0.1, -0.05) is 12.1 Å². The van der Waals surface area contributed by atoms with Gasteiger partial charge in [-0.05, 0) is 78.8 Å². The predicted octanol–water partition coefficient (Wildman–Crippen LogP) is 6.65. The molecule has 0 spiro atoms. The molecule has 1 N–H and O–H groups in total. The van der Waals surface area contributed by atoms with Gasteiger partial charge in [-0.25, -0.2) is 18.0 Å². The Morgan fingerprint density at radius 2 is 1.69 bits per heavy atom. The second kappa shape index (κ2) is 9.17. The maximum absolute atomic E-state index is 14.4. The van der Waals surface area contributed by atoms with Crippen LogP contribution in [0.25, 0.3) is 5.00 Å². The number of carbonyl (C=O) groups excluding carboxylic acids is 1. The molecule has 0 fully saturated rings. The van der Waals surface area contributed by atoms with Crippen molar-refractivity contribution < 1.29 is 18.0 Å². The molecule has 0 saturated carbocycles. The normalized spacial score (nSPS) is 16.6. The number of amides is 2. The first-order valence-corrected chi connectivity index (χ1v) is 12.9. The smallest absolute Gasteiger partial charge is 0.318 e. The Hall–Kier alpha value is -3.52. The molecule has 1 unspecified atom stereocenters. The van der Waals surface area contributed by atoms with Gasteiger partial charge in [0.05, 0.1) is 12.2 Å². The molecule has 2 aliphatic rings. The van der Waals surface area contributed by atoms with Gasteiger partial charge in [-0.2, -0.15) is 0 Å². The zero-order valence-corrected chi connectivity index (χ0v) is 20.3. The van der Waals surface area contributed by atoms with Crippen LogP contribution >= 0.6 is 11.3 Å². The Balaban J connectivity index is 1.45. The van der Waals surface area contributed by atoms with Crippen LogP contribution in [0.1, 0.15) is 51.7 Å². The molecular weight excluding hydrogens is 483 g/mol. The van der Waals surface area contributed by atoms with E-state index in [2.05, 4.69) is 9.88 Å². The molecule has 36 heavy (non-hydrogen) atoms. The average Bonchev–Trinajstić information content (AvgIpc) is 3.44. The van der Waals surface area contributed by atoms with Gasteiger partial charge in [-0.3, -0.25) is 0 Å². The van der Waals surface area contributed by atoms with E-state index in [0.717, 1.165) is 53.6 Å². The van der Waals surface area contributed by atoms with Crippen LogP contribution in [-0.4, -0.2) is 15.5 Å². The van der Waals surface area contributed by atoms with Crippen molar-refractivity contribution in [2.75, 3.05) is 0 Å². The molecular formula is C28H24F3N3OS. The van der Waals surface area contributed by atoms with E-state index in [0.29, 0.717) is 12.1 Å². The molecule has 4 nitrogen and oxygen atoms in total. The fourth-order valence-electron chi connectivity index (χ4n) is 5.35. The Morgan fingerprint density at radius 1 is 0.944 bits per heavy atom. The third-order valence-corrected chi connectivity index (χ3v) is 8.33. The lowest BCUT2D eigenvalue weighted by Gasteiger charge is -2.31. The number of urea groups is 1. The lowest BCUT2D eigenvalue weighted by Crippen LogP contribution is -2.42. The summed E-state index contributed by atoms with van der Waals surface area (Å²) >= 11 is 1.75. The van der Waals surface area contributed by atoms with E-state index in [1.807, 2.05) is 18.3 Å². The highest BCUT2D eigenvalue weighted by Gasteiger charge is 2.36. The minimum atomic E-state index is -0.697. The number of benzene rings is 2. The van der Waals surface area contributed by atoms with Gasteiger partial charge in [-0.15, -0.1) is 11.3 Å². The highest BCUT2D eigenvalue weighted by Crippen LogP contribution is 2.44. The maximum Gasteiger partial charge on any atom is 0.318 e. The number of thiophene rings is 1. The molecule has 1 atom stereocenters. The number of nitrogens with one attached hydrogen (secondary N) is 1. The van der Waals surface area contributed by atoms with E-state index in [9.17, 15) is 18.0 Å². The number of aryl methyl sites for hydroxylation is 1. The largest absolute Gasteiger partial charge is 0.334 e. The summed E-state index contributed by atoms with van der Waals surface area (Å²) in [5.74, 6) is -1.72. The number of rotatable bonds is 3. The van der Waals surface area contributed by atoms with Gasteiger partial charge in [0, 0.05) is 29.2 Å². The highest BCUT2D eigenvalue weighted by atomic mass is 32.1. The van der Waals surface area contributed by atoms with Gasteiger partial charge in [0.1, 0.15) is 28.5 Å². The molecule has 0 radical (unpaired) electrons. The minimum absolute atomic E-state index is 0.204. The van der Waals surface area contributed by atoms with Gasteiger partial charge >= 0.3 is 6.03 Å². The molecule has 2 amide bonds. The number of fused-ring (bicyclic) bond motifs is 5. The van der Waals surface area contributed by atoms with Crippen molar-refractivity contribution in [1.29, 1.82) is 0 Å². The SMILES string of the molecule is O=C(NCc1ccc(F)cc1)N1Cc2c(sc3c2CCCC3)-n2cccc2C1c1cc(F)cc(F)c1. The first kappa shape index (κ1) is 22.9. The van der Waals surface area contributed by atoms with Crippen molar-refractivity contribution in [3.63, 3.8) is 0 Å². The molecule has 1 aliphatic carbocycles. The van der Waals surface area contributed by atoms with Gasteiger partial charge in [0.25, 0.3) is 0 Å². The number of aromatic nitrogens is 1. The molecule has 6 rings (SSSR count). The van der Waals surface area contributed by atoms with Gasteiger partial charge < -0.3 is 14.8 Å². The average molecular weight is 508 g/mol. The fourth-order valence-corrected chi connectivity index (χ4v) is 6.76. The van der Waals surface area contributed by atoms with Crippen molar-refractivity contribution in [2.45, 2.75) is 44.8 Å². The summed E-state index contributed by atoms with van der Waals surface area (Å²) in [6.45, 7) is 0.524. The first-order valence-electron chi connectivity index (χ1n) is 12.0. The summed E-state index contributed by atoms with van der Waals surface area (Å²) in [6.07, 6.45) is 6.20. The van der Waals surface area contributed by atoms with E-state index in [4.69, 9.17) is 0 Å². The van der Waals surface area contributed by atoms with Crippen LogP contribution in [0, 0.1) is 17.5 Å². The Morgan fingerprint density at radius 3 is 2.47 bits per heavy atom. The van der Waals surface area contributed by atoms with E-state index >= 15 is 0 Å². The summed E-state index contributed by atoms with van der Waals surface area (Å²) in [4.78, 5) is 16.7. The van der Waals surface area contributed by atoms with Crippen LogP contribution in [0.4, 0.5) is 18.0 Å². The van der Waals surface area contributed by atoms with Gasteiger partial charge in [0.15, 0.2) is 0 Å². The summed E-state index contributed by atoms with van der Waals surface area (Å²) in [6, 6.07) is 12.1. The van der Waals surface area contributed by atoms with Gasteiger partial charge in [0.2, 0.25) is 0 Å². The second-order valence-corrected chi connectivity index (χ2v) is 10.4. The van der Waals surface area contributed by atoms with Crippen molar-refractivity contribution >= 4 is 17.4 Å². The Labute approximate surface area is 211 Å². The molecule has 0 bridgehead atoms. The number of nitrogens with zero attached hydrogens (tertiary/aromatic N) is 2. The van der Waals surface area contributed by atoms with Crippen molar-refractivity contribution in [2.24, 2.45) is 0 Å². The molecule has 4 aromatic rings. The summed E-state index contributed by atoms with van der Waals surface area (Å²) in [5, 5.41) is 4.01. The first-order chi connectivity index (χ1) is 17.5. The molecule has 1 aliphatic heterocycles. The second-order valence-electron chi connectivity index (χ2n) is 9.32. The molecule has 2 aromatic heterocycles. The summed E-state index contributed by atoms with van der Waals surface area (Å²) in [5.41, 5.74) is 4.29. The van der Waals surface area contributed by atoms with E-state index in [1.165, 1.54) is 34.7 Å². The quantitative estimate of drug-likeness (QED) is 0.331. The number of halogens is 3. The van der Waals surface area contributed by atoms with Crippen LogP contribution in [0.15, 0.2) is 60.8 Å². The van der Waals surface area contributed by atoms with E-state index in [-0.39, 0.29) is 18.4 Å². The monoisotopic (exact) mass is 507 g/mol. The van der Waals surface area contributed by atoms with E-state index < -0.39 is 17.7 Å². The molecule has 184 valence electrons. The molecule has 3 heterocycles. The van der Waals surface area contributed by atoms with E-state index in [1.54, 1.807) is 28.4 Å². The maximum atomic E-state index is 14.4. The fraction of sp³-hybridized carbons (Fsp3) is 0.250. The molecule has 0 saturated heterocycles. The van der Waals surface area contributed by atoms with Crippen LogP contribution < -0.4 is 5.32 Å². The third-order valence-electron chi connectivity index (χ3n) is 7.00. The standard InChI is InChI=1S/C28H24F3N3OS/c29-19-9-7-17(8-10-19)15-32-28(35)34-16-23-22-4-1-2-6-25(22)36-27(23)33-11-3-5-24(33)26(34)18-12-20(30)14-21(31)13-18/h3,5,7-14,26H,1-2,4,6,15-16H2,(H,32,35). The predicted molar refractivity (Wildman–Crippen MR) is 133 cm³/mol. The molecule has 8 heteroatoms. The number of carbonyl (C=O) groups is 1. The number of hydrogen-bond donors (Lipinski definition) is 1. The number of hydrogen-bond acceptors (Lipinski definition) is 2. The topological polar surface area (TPSA) is 37.3 Å². The van der Waals surface area contributed by atoms with Crippen molar-refractivity contribution in [1.82, 2.24) is 14.8 Å². The van der Waals surface area contributed by atoms with Crippen molar-refractivity contribution in [3.05, 3.63) is 111 Å². The lowest BCUT2D eigenvalue weighted by atomic mass is 9.95. The zero-order valence-electron chi connectivity index (χ0n) is 19.4. The van der Waals surface area contributed by atoms with Crippen LogP contribution in [-0.2, 0) is 25.9 Å². The van der Waals surface area contributed by atoms with Crippen LogP contribution in [0.2, 0.25) is 0 Å². The molecule has 2 aromatic carbocycles. The zero-order chi connectivity index (χ0) is 24.8. The minimum Gasteiger partial charge on any atom is -0.334 e. The Bertz CT molecular complexity index is 1420. The van der Waals surface area contributed by atoms with Crippen molar-refractivity contribution in [3.8, 4) is 5.00 Å². The Kier molecular flexibility index (Phi) is 5.84.